The number of anilines is 2. The standard InChI is InChI=1S/C24H30N4O3/c1-4-27-10-12-28(13-11-27)21-8-7-20(14-18(21)3)26-24(29)17-31-22-9-6-19(16-25)15-23(22)30-5-2/h6-9,14-15H,4-5,10-13,17H2,1-3H3,(H,26,29). The lowest BCUT2D eigenvalue weighted by Gasteiger charge is -2.36. The number of hydrogen-bond donors (Lipinski definition) is 1. The molecule has 7 nitrogen and oxygen atoms in total. The zero-order valence-electron chi connectivity index (χ0n) is 18.5. The maximum atomic E-state index is 12.4. The molecule has 1 heterocycles. The van der Waals surface area contributed by atoms with Crippen LogP contribution in [0.15, 0.2) is 36.4 Å². The van der Waals surface area contributed by atoms with Crippen LogP contribution in [0.1, 0.15) is 25.0 Å². The molecule has 0 spiro atoms. The van der Waals surface area contributed by atoms with Crippen LogP contribution < -0.4 is 19.7 Å². The highest BCUT2D eigenvalue weighted by molar-refractivity contribution is 5.92. The minimum absolute atomic E-state index is 0.147. The molecule has 3 rings (SSSR count). The molecule has 1 amide bonds. The average molecular weight is 423 g/mol. The Bertz CT molecular complexity index is 946. The molecular weight excluding hydrogens is 392 g/mol. The largest absolute Gasteiger partial charge is 0.490 e. The number of nitriles is 1. The van der Waals surface area contributed by atoms with Gasteiger partial charge in [-0.15, -0.1) is 0 Å². The maximum absolute atomic E-state index is 12.4. The van der Waals surface area contributed by atoms with Gasteiger partial charge in [0, 0.05) is 43.6 Å². The van der Waals surface area contributed by atoms with Crippen molar-refractivity contribution in [1.29, 1.82) is 5.26 Å². The number of aryl methyl sites for hydroxylation is 1. The third kappa shape index (κ3) is 5.89. The molecule has 1 fully saturated rings. The minimum atomic E-state index is -0.254. The molecule has 0 aromatic heterocycles. The van der Waals surface area contributed by atoms with E-state index in [1.54, 1.807) is 18.2 Å². The molecule has 0 bridgehead atoms. The summed E-state index contributed by atoms with van der Waals surface area (Å²) in [5.41, 5.74) is 3.57. The van der Waals surface area contributed by atoms with Gasteiger partial charge in [0.2, 0.25) is 0 Å². The van der Waals surface area contributed by atoms with E-state index in [-0.39, 0.29) is 12.5 Å². The van der Waals surface area contributed by atoms with Crippen molar-refractivity contribution in [2.75, 3.05) is 56.2 Å². The number of amides is 1. The van der Waals surface area contributed by atoms with Crippen LogP contribution in [0.25, 0.3) is 0 Å². The minimum Gasteiger partial charge on any atom is -0.490 e. The normalized spacial score (nSPS) is 14.1. The molecule has 1 aliphatic rings. The highest BCUT2D eigenvalue weighted by atomic mass is 16.5. The summed E-state index contributed by atoms with van der Waals surface area (Å²) in [7, 11) is 0. The van der Waals surface area contributed by atoms with E-state index in [1.165, 1.54) is 5.69 Å². The molecule has 31 heavy (non-hydrogen) atoms. The van der Waals surface area contributed by atoms with Crippen LogP contribution in [-0.2, 0) is 4.79 Å². The van der Waals surface area contributed by atoms with Gasteiger partial charge in [0.25, 0.3) is 5.91 Å². The van der Waals surface area contributed by atoms with Gasteiger partial charge >= 0.3 is 0 Å². The lowest BCUT2D eigenvalue weighted by atomic mass is 10.1. The number of nitrogens with one attached hydrogen (secondary N) is 1. The number of piperazine rings is 1. The van der Waals surface area contributed by atoms with Crippen LogP contribution in [0.2, 0.25) is 0 Å². The molecule has 2 aromatic rings. The Balaban J connectivity index is 1.58. The first-order valence-corrected chi connectivity index (χ1v) is 10.7. The molecule has 1 N–H and O–H groups in total. The second kappa shape index (κ2) is 10.7. The van der Waals surface area contributed by atoms with Crippen LogP contribution in [0.3, 0.4) is 0 Å². The van der Waals surface area contributed by atoms with Gasteiger partial charge in [-0.25, -0.2) is 0 Å². The smallest absolute Gasteiger partial charge is 0.262 e. The van der Waals surface area contributed by atoms with E-state index in [2.05, 4.69) is 41.1 Å². The molecule has 164 valence electrons. The van der Waals surface area contributed by atoms with Crippen molar-refractivity contribution in [2.45, 2.75) is 20.8 Å². The highest BCUT2D eigenvalue weighted by Gasteiger charge is 2.17. The first-order chi connectivity index (χ1) is 15.0. The lowest BCUT2D eigenvalue weighted by molar-refractivity contribution is -0.118. The fraction of sp³-hybridized carbons (Fsp3) is 0.417. The molecule has 2 aromatic carbocycles. The van der Waals surface area contributed by atoms with E-state index in [0.717, 1.165) is 44.0 Å². The quantitative estimate of drug-likeness (QED) is 0.702. The number of hydrogen-bond acceptors (Lipinski definition) is 6. The topological polar surface area (TPSA) is 77.8 Å². The molecule has 0 unspecified atom stereocenters. The first-order valence-electron chi connectivity index (χ1n) is 10.7. The average Bonchev–Trinajstić information content (AvgIpc) is 2.78. The maximum Gasteiger partial charge on any atom is 0.262 e. The summed E-state index contributed by atoms with van der Waals surface area (Å²) < 4.78 is 11.1. The van der Waals surface area contributed by atoms with Crippen LogP contribution in [0, 0.1) is 18.3 Å². The predicted octanol–water partition coefficient (Wildman–Crippen LogP) is 3.42. The van der Waals surface area contributed by atoms with Gasteiger partial charge in [0.15, 0.2) is 18.1 Å². The van der Waals surface area contributed by atoms with Gasteiger partial charge in [-0.2, -0.15) is 5.26 Å². The Morgan fingerprint density at radius 1 is 1.06 bits per heavy atom. The van der Waals surface area contributed by atoms with Crippen LogP contribution >= 0.6 is 0 Å². The Kier molecular flexibility index (Phi) is 7.74. The molecular formula is C24H30N4O3. The molecule has 0 atom stereocenters. The fourth-order valence-electron chi connectivity index (χ4n) is 3.70. The van der Waals surface area contributed by atoms with Crippen molar-refractivity contribution >= 4 is 17.3 Å². The summed E-state index contributed by atoms with van der Waals surface area (Å²) in [6.45, 7) is 11.7. The second-order valence-corrected chi connectivity index (χ2v) is 7.47. The third-order valence-electron chi connectivity index (χ3n) is 5.37. The Morgan fingerprint density at radius 2 is 1.84 bits per heavy atom. The highest BCUT2D eigenvalue weighted by Crippen LogP contribution is 2.28. The number of likely N-dealkylation sites (N-methyl/N-ethyl adjacent to an activating group) is 1. The SMILES string of the molecule is CCOc1cc(C#N)ccc1OCC(=O)Nc1ccc(N2CCN(CC)CC2)c(C)c1. The van der Waals surface area contributed by atoms with Crippen molar-refractivity contribution in [1.82, 2.24) is 4.90 Å². The summed E-state index contributed by atoms with van der Waals surface area (Å²) in [5, 5.41) is 11.9. The molecule has 1 saturated heterocycles. The third-order valence-corrected chi connectivity index (χ3v) is 5.37. The lowest BCUT2D eigenvalue weighted by Crippen LogP contribution is -2.46. The van der Waals surface area contributed by atoms with Crippen LogP contribution in [-0.4, -0.2) is 56.7 Å². The van der Waals surface area contributed by atoms with E-state index >= 15 is 0 Å². The number of ether oxygens (including phenoxy) is 2. The van der Waals surface area contributed by atoms with Crippen molar-refractivity contribution in [3.63, 3.8) is 0 Å². The Labute approximate surface area is 184 Å². The summed E-state index contributed by atoms with van der Waals surface area (Å²) >= 11 is 0. The second-order valence-electron chi connectivity index (χ2n) is 7.47. The number of benzene rings is 2. The first kappa shape index (κ1) is 22.4. The van der Waals surface area contributed by atoms with E-state index < -0.39 is 0 Å². The summed E-state index contributed by atoms with van der Waals surface area (Å²) in [5.74, 6) is 0.641. The Morgan fingerprint density at radius 3 is 2.48 bits per heavy atom. The molecule has 7 heteroatoms. The predicted molar refractivity (Wildman–Crippen MR) is 122 cm³/mol. The van der Waals surface area contributed by atoms with Crippen molar-refractivity contribution < 1.29 is 14.3 Å². The number of carbonyl (C=O) groups excluding carboxylic acids is 1. The Hall–Kier alpha value is -3.24. The van der Waals surface area contributed by atoms with Crippen molar-refractivity contribution in [2.24, 2.45) is 0 Å². The van der Waals surface area contributed by atoms with E-state index in [9.17, 15) is 4.79 Å². The zero-order valence-corrected chi connectivity index (χ0v) is 18.5. The van der Waals surface area contributed by atoms with Gasteiger partial charge in [0.1, 0.15) is 0 Å². The van der Waals surface area contributed by atoms with Gasteiger partial charge in [-0.05, 0) is 56.3 Å². The molecule has 0 aliphatic carbocycles. The van der Waals surface area contributed by atoms with Crippen LogP contribution in [0.5, 0.6) is 11.5 Å². The van der Waals surface area contributed by atoms with E-state index in [1.807, 2.05) is 19.1 Å². The van der Waals surface area contributed by atoms with Crippen molar-refractivity contribution in [3.8, 4) is 17.6 Å². The van der Waals surface area contributed by atoms with Gasteiger partial charge in [-0.1, -0.05) is 6.92 Å². The fourth-order valence-corrected chi connectivity index (χ4v) is 3.70. The van der Waals surface area contributed by atoms with E-state index in [0.29, 0.717) is 23.7 Å². The van der Waals surface area contributed by atoms with Crippen molar-refractivity contribution in [3.05, 3.63) is 47.5 Å². The van der Waals surface area contributed by atoms with Gasteiger partial charge in [-0.3, -0.25) is 4.79 Å². The monoisotopic (exact) mass is 422 g/mol. The summed E-state index contributed by atoms with van der Waals surface area (Å²) in [6.07, 6.45) is 0. The molecule has 0 radical (unpaired) electrons. The van der Waals surface area contributed by atoms with Gasteiger partial charge in [0.05, 0.1) is 18.2 Å². The number of nitrogens with zero attached hydrogens (tertiary/aromatic N) is 3. The van der Waals surface area contributed by atoms with Crippen LogP contribution in [0.4, 0.5) is 11.4 Å². The van der Waals surface area contributed by atoms with E-state index in [4.69, 9.17) is 14.7 Å². The number of carbonyl (C=O) groups is 1. The summed E-state index contributed by atoms with van der Waals surface area (Å²) in [4.78, 5) is 17.2. The number of rotatable bonds is 8. The summed E-state index contributed by atoms with van der Waals surface area (Å²) in [6, 6.07) is 13.0. The van der Waals surface area contributed by atoms with Gasteiger partial charge < -0.3 is 24.6 Å². The molecule has 0 saturated carbocycles. The zero-order chi connectivity index (χ0) is 22.2. The molecule has 1 aliphatic heterocycles.